The van der Waals surface area contributed by atoms with Crippen LogP contribution in [0.3, 0.4) is 0 Å². The Hall–Kier alpha value is -7.10. The predicted molar refractivity (Wildman–Crippen MR) is 222 cm³/mol. The zero-order chi connectivity index (χ0) is 35.1. The second-order valence-corrected chi connectivity index (χ2v) is 13.4. The van der Waals surface area contributed by atoms with Crippen LogP contribution in [0.15, 0.2) is 206 Å². The van der Waals surface area contributed by atoms with Crippen molar-refractivity contribution < 1.29 is 4.74 Å². The van der Waals surface area contributed by atoms with E-state index < -0.39 is 0 Å². The molecule has 9 aromatic rings. The number of nitrogens with zero attached hydrogens (tertiary/aromatic N) is 2. The van der Waals surface area contributed by atoms with Gasteiger partial charge in [0, 0.05) is 22.4 Å². The fourth-order valence-corrected chi connectivity index (χ4v) is 7.69. The van der Waals surface area contributed by atoms with Crippen LogP contribution in [-0.4, -0.2) is 0 Å². The molecule has 0 spiro atoms. The van der Waals surface area contributed by atoms with Crippen LogP contribution in [-0.2, 0) is 0 Å². The SMILES string of the molecule is c1ccc(-c2ccc(N(c3ccc(-c4cccc(N5c6ccccc6Oc6ccccc65)c4)cc3)c3cc4ccccc4c4ccccc34)cc2)cc1. The fraction of sp³-hybridized carbons (Fsp3) is 0. The predicted octanol–water partition coefficient (Wildman–Crippen LogP) is 14.4. The molecule has 250 valence electrons. The smallest absolute Gasteiger partial charge is 0.151 e. The number of benzene rings is 9. The first-order chi connectivity index (χ1) is 26.3. The highest BCUT2D eigenvalue weighted by Gasteiger charge is 2.25. The van der Waals surface area contributed by atoms with Crippen LogP contribution in [0.25, 0.3) is 43.8 Å². The molecule has 0 fully saturated rings. The molecule has 0 bridgehead atoms. The van der Waals surface area contributed by atoms with Crippen LogP contribution in [0.2, 0.25) is 0 Å². The van der Waals surface area contributed by atoms with Gasteiger partial charge in [0.25, 0.3) is 0 Å². The molecular formula is C50H34N2O. The van der Waals surface area contributed by atoms with E-state index in [1.54, 1.807) is 0 Å². The van der Waals surface area contributed by atoms with Crippen LogP contribution in [0.4, 0.5) is 34.1 Å². The van der Waals surface area contributed by atoms with Crippen LogP contribution < -0.4 is 14.5 Å². The zero-order valence-electron chi connectivity index (χ0n) is 28.9. The molecule has 0 aromatic heterocycles. The normalized spacial score (nSPS) is 11.9. The third-order valence-electron chi connectivity index (χ3n) is 10.2. The maximum atomic E-state index is 6.29. The Morgan fingerprint density at radius 1 is 0.358 bits per heavy atom. The molecule has 0 amide bonds. The maximum absolute atomic E-state index is 6.29. The minimum Gasteiger partial charge on any atom is -0.453 e. The van der Waals surface area contributed by atoms with E-state index in [4.69, 9.17) is 4.74 Å². The molecule has 0 unspecified atom stereocenters. The number of rotatable bonds is 6. The van der Waals surface area contributed by atoms with Gasteiger partial charge in [0.15, 0.2) is 11.5 Å². The van der Waals surface area contributed by atoms with E-state index in [0.29, 0.717) is 0 Å². The topological polar surface area (TPSA) is 15.7 Å². The van der Waals surface area contributed by atoms with Gasteiger partial charge in [-0.25, -0.2) is 0 Å². The van der Waals surface area contributed by atoms with E-state index in [1.165, 1.54) is 32.7 Å². The molecular weight excluding hydrogens is 645 g/mol. The largest absolute Gasteiger partial charge is 0.453 e. The summed E-state index contributed by atoms with van der Waals surface area (Å²) >= 11 is 0. The monoisotopic (exact) mass is 678 g/mol. The van der Waals surface area contributed by atoms with E-state index in [1.807, 2.05) is 24.3 Å². The Labute approximate surface area is 309 Å². The summed E-state index contributed by atoms with van der Waals surface area (Å²) in [6.45, 7) is 0. The third kappa shape index (κ3) is 5.47. The van der Waals surface area contributed by atoms with Gasteiger partial charge in [0.05, 0.1) is 17.1 Å². The first kappa shape index (κ1) is 30.7. The van der Waals surface area contributed by atoms with E-state index in [2.05, 4.69) is 192 Å². The van der Waals surface area contributed by atoms with Crippen molar-refractivity contribution in [1.29, 1.82) is 0 Å². The average molecular weight is 679 g/mol. The van der Waals surface area contributed by atoms with E-state index in [0.717, 1.165) is 56.8 Å². The van der Waals surface area contributed by atoms with E-state index in [-0.39, 0.29) is 0 Å². The molecule has 1 aliphatic heterocycles. The summed E-state index contributed by atoms with van der Waals surface area (Å²) in [6, 6.07) is 73.4. The van der Waals surface area contributed by atoms with E-state index in [9.17, 15) is 0 Å². The highest BCUT2D eigenvalue weighted by Crippen LogP contribution is 2.50. The van der Waals surface area contributed by atoms with Crippen molar-refractivity contribution in [2.75, 3.05) is 9.80 Å². The minimum absolute atomic E-state index is 0.846. The first-order valence-corrected chi connectivity index (χ1v) is 18.0. The number of hydrogen-bond acceptors (Lipinski definition) is 3. The third-order valence-corrected chi connectivity index (χ3v) is 10.2. The fourth-order valence-electron chi connectivity index (χ4n) is 7.69. The Morgan fingerprint density at radius 2 is 0.868 bits per heavy atom. The second kappa shape index (κ2) is 12.9. The van der Waals surface area contributed by atoms with Crippen LogP contribution in [0.5, 0.6) is 11.5 Å². The van der Waals surface area contributed by atoms with Crippen molar-refractivity contribution in [3.05, 3.63) is 206 Å². The zero-order valence-corrected chi connectivity index (χ0v) is 28.9. The van der Waals surface area contributed by atoms with Gasteiger partial charge in [-0.05, 0) is 105 Å². The molecule has 3 heteroatoms. The number of fused-ring (bicyclic) bond motifs is 5. The molecule has 0 saturated heterocycles. The molecule has 0 saturated carbocycles. The molecule has 1 aliphatic rings. The number of para-hydroxylation sites is 4. The molecule has 9 aromatic carbocycles. The lowest BCUT2D eigenvalue weighted by molar-refractivity contribution is 0.477. The maximum Gasteiger partial charge on any atom is 0.151 e. The highest BCUT2D eigenvalue weighted by molar-refractivity contribution is 6.14. The summed E-state index contributed by atoms with van der Waals surface area (Å²) < 4.78 is 6.29. The number of ether oxygens (including phenoxy) is 1. The first-order valence-electron chi connectivity index (χ1n) is 18.0. The molecule has 1 heterocycles. The number of anilines is 6. The van der Waals surface area contributed by atoms with Gasteiger partial charge in [0.2, 0.25) is 0 Å². The lowest BCUT2D eigenvalue weighted by Crippen LogP contribution is -2.15. The van der Waals surface area contributed by atoms with E-state index >= 15 is 0 Å². The second-order valence-electron chi connectivity index (χ2n) is 13.4. The molecule has 53 heavy (non-hydrogen) atoms. The lowest BCUT2D eigenvalue weighted by Gasteiger charge is -2.33. The molecule has 0 N–H and O–H groups in total. The minimum atomic E-state index is 0.846. The standard InChI is InChI=1S/C50H34N2O/c1-2-13-35(14-3-1)36-25-29-40(30-26-36)51(48-34-39-15-4-5-18-43(39)44-19-6-7-20-45(44)48)41-31-27-37(28-32-41)38-16-12-17-42(33-38)52-46-21-8-10-23-49(46)53-50-24-11-9-22-47(50)52/h1-34H. The van der Waals surface area contributed by atoms with Crippen molar-refractivity contribution in [3.8, 4) is 33.8 Å². The van der Waals surface area contributed by atoms with Crippen LogP contribution in [0.1, 0.15) is 0 Å². The van der Waals surface area contributed by atoms with Gasteiger partial charge in [-0.2, -0.15) is 0 Å². The van der Waals surface area contributed by atoms with Gasteiger partial charge in [-0.15, -0.1) is 0 Å². The van der Waals surface area contributed by atoms with Gasteiger partial charge < -0.3 is 14.5 Å². The Kier molecular flexibility index (Phi) is 7.47. The molecule has 0 radical (unpaired) electrons. The lowest BCUT2D eigenvalue weighted by atomic mass is 9.98. The van der Waals surface area contributed by atoms with Gasteiger partial charge in [-0.1, -0.05) is 140 Å². The van der Waals surface area contributed by atoms with Crippen molar-refractivity contribution in [1.82, 2.24) is 0 Å². The molecule has 0 aliphatic carbocycles. The summed E-state index contributed by atoms with van der Waals surface area (Å²) in [7, 11) is 0. The highest BCUT2D eigenvalue weighted by atomic mass is 16.5. The Balaban J connectivity index is 1.08. The summed E-state index contributed by atoms with van der Waals surface area (Å²) in [4.78, 5) is 4.68. The van der Waals surface area contributed by atoms with Crippen molar-refractivity contribution in [2.24, 2.45) is 0 Å². The summed E-state index contributed by atoms with van der Waals surface area (Å²) in [6.07, 6.45) is 0. The Bertz CT molecular complexity index is 2710. The van der Waals surface area contributed by atoms with Crippen molar-refractivity contribution in [3.63, 3.8) is 0 Å². The van der Waals surface area contributed by atoms with Crippen molar-refractivity contribution >= 4 is 55.7 Å². The molecule has 3 nitrogen and oxygen atoms in total. The summed E-state index contributed by atoms with van der Waals surface area (Å²) in [5.41, 5.74) is 11.2. The Morgan fingerprint density at radius 3 is 1.55 bits per heavy atom. The molecule has 10 rings (SSSR count). The molecule has 0 atom stereocenters. The van der Waals surface area contributed by atoms with Gasteiger partial charge in [-0.3, -0.25) is 0 Å². The van der Waals surface area contributed by atoms with Crippen molar-refractivity contribution in [2.45, 2.75) is 0 Å². The van der Waals surface area contributed by atoms with Crippen LogP contribution >= 0.6 is 0 Å². The quantitative estimate of drug-likeness (QED) is 0.163. The summed E-state index contributed by atoms with van der Waals surface area (Å²) in [5, 5.41) is 4.92. The van der Waals surface area contributed by atoms with Crippen LogP contribution in [0, 0.1) is 0 Å². The average Bonchev–Trinajstić information content (AvgIpc) is 3.24. The van der Waals surface area contributed by atoms with Gasteiger partial charge in [0.1, 0.15) is 0 Å². The summed E-state index contributed by atoms with van der Waals surface area (Å²) in [5.74, 6) is 1.69. The van der Waals surface area contributed by atoms with Gasteiger partial charge >= 0.3 is 0 Å². The number of hydrogen-bond donors (Lipinski definition) is 0.